The van der Waals surface area contributed by atoms with Crippen LogP contribution in [0, 0.1) is 13.8 Å². The molecule has 2 rings (SSSR count). The number of carbonyl (C=O) groups excluding carboxylic acids is 1. The Labute approximate surface area is 146 Å². The zero-order chi connectivity index (χ0) is 16.8. The third kappa shape index (κ3) is 5.45. The van der Waals surface area contributed by atoms with Gasteiger partial charge in [0.2, 0.25) is 5.91 Å². The Kier molecular flexibility index (Phi) is 6.31. The van der Waals surface area contributed by atoms with Crippen molar-refractivity contribution >= 4 is 34.8 Å². The second kappa shape index (κ2) is 8.23. The third-order valence-electron chi connectivity index (χ3n) is 3.40. The van der Waals surface area contributed by atoms with Crippen LogP contribution >= 0.6 is 23.2 Å². The zero-order valence-electron chi connectivity index (χ0n) is 13.2. The van der Waals surface area contributed by atoms with E-state index in [-0.39, 0.29) is 5.91 Å². The first-order valence-corrected chi connectivity index (χ1v) is 8.16. The first kappa shape index (κ1) is 17.6. The summed E-state index contributed by atoms with van der Waals surface area (Å²) in [7, 11) is 0. The van der Waals surface area contributed by atoms with Gasteiger partial charge in [-0.15, -0.1) is 0 Å². The number of amides is 1. The Morgan fingerprint density at radius 2 is 1.87 bits per heavy atom. The molecule has 122 valence electrons. The van der Waals surface area contributed by atoms with Gasteiger partial charge < -0.3 is 10.1 Å². The van der Waals surface area contributed by atoms with Crippen molar-refractivity contribution in [3.63, 3.8) is 0 Å². The first-order valence-electron chi connectivity index (χ1n) is 7.40. The van der Waals surface area contributed by atoms with Crippen molar-refractivity contribution in [1.29, 1.82) is 0 Å². The molecule has 23 heavy (non-hydrogen) atoms. The number of hydrogen-bond acceptors (Lipinski definition) is 2. The summed E-state index contributed by atoms with van der Waals surface area (Å²) in [5.74, 6) is 0.737. The van der Waals surface area contributed by atoms with Crippen molar-refractivity contribution in [1.82, 2.24) is 0 Å². The lowest BCUT2D eigenvalue weighted by Gasteiger charge is -2.10. The van der Waals surface area contributed by atoms with Crippen LogP contribution in [0.1, 0.15) is 24.0 Å². The lowest BCUT2D eigenvalue weighted by molar-refractivity contribution is -0.116. The standard InChI is InChI=1S/C18H19Cl2NO2/c1-12-5-7-15(11-16(12)20)21-18(22)4-3-9-23-17-8-6-14(19)10-13(17)2/h5-8,10-11H,3-4,9H2,1-2H3,(H,21,22). The van der Waals surface area contributed by atoms with Gasteiger partial charge in [-0.25, -0.2) is 0 Å². The lowest BCUT2D eigenvalue weighted by atomic mass is 10.2. The van der Waals surface area contributed by atoms with Gasteiger partial charge >= 0.3 is 0 Å². The van der Waals surface area contributed by atoms with Gasteiger partial charge in [0.25, 0.3) is 0 Å². The molecule has 0 bridgehead atoms. The second-order valence-electron chi connectivity index (χ2n) is 5.37. The van der Waals surface area contributed by atoms with E-state index in [1.165, 1.54) is 0 Å². The molecule has 0 atom stereocenters. The Bertz CT molecular complexity index is 701. The fourth-order valence-electron chi connectivity index (χ4n) is 2.08. The molecule has 0 aliphatic carbocycles. The highest BCUT2D eigenvalue weighted by molar-refractivity contribution is 6.31. The highest BCUT2D eigenvalue weighted by atomic mass is 35.5. The highest BCUT2D eigenvalue weighted by Gasteiger charge is 2.05. The van der Waals surface area contributed by atoms with E-state index in [0.29, 0.717) is 35.2 Å². The maximum Gasteiger partial charge on any atom is 0.224 e. The van der Waals surface area contributed by atoms with Gasteiger partial charge in [0.15, 0.2) is 0 Å². The van der Waals surface area contributed by atoms with Crippen LogP contribution < -0.4 is 10.1 Å². The van der Waals surface area contributed by atoms with Crippen LogP contribution in [0.4, 0.5) is 5.69 Å². The Hall–Kier alpha value is -1.71. The average molecular weight is 352 g/mol. The van der Waals surface area contributed by atoms with Crippen LogP contribution in [0.5, 0.6) is 5.75 Å². The maximum atomic E-state index is 11.9. The summed E-state index contributed by atoms with van der Waals surface area (Å²) < 4.78 is 5.67. The number of aryl methyl sites for hydroxylation is 2. The predicted molar refractivity (Wildman–Crippen MR) is 95.7 cm³/mol. The molecule has 1 amide bonds. The number of halogens is 2. The summed E-state index contributed by atoms with van der Waals surface area (Å²) in [4.78, 5) is 11.9. The van der Waals surface area contributed by atoms with Crippen LogP contribution in [0.2, 0.25) is 10.0 Å². The molecule has 5 heteroatoms. The fraction of sp³-hybridized carbons (Fsp3) is 0.278. The van der Waals surface area contributed by atoms with E-state index in [1.54, 1.807) is 12.1 Å². The molecule has 0 aliphatic heterocycles. The molecule has 0 saturated carbocycles. The van der Waals surface area contributed by atoms with Crippen molar-refractivity contribution in [2.24, 2.45) is 0 Å². The second-order valence-corrected chi connectivity index (χ2v) is 6.22. The molecule has 0 spiro atoms. The molecule has 2 aromatic carbocycles. The molecule has 3 nitrogen and oxygen atoms in total. The van der Waals surface area contributed by atoms with Gasteiger partial charge in [0, 0.05) is 22.2 Å². The minimum atomic E-state index is -0.0543. The topological polar surface area (TPSA) is 38.3 Å². The third-order valence-corrected chi connectivity index (χ3v) is 4.04. The molecule has 0 aromatic heterocycles. The summed E-state index contributed by atoms with van der Waals surface area (Å²) in [5, 5.41) is 4.16. The van der Waals surface area contributed by atoms with Crippen molar-refractivity contribution in [2.75, 3.05) is 11.9 Å². The Morgan fingerprint density at radius 1 is 1.09 bits per heavy atom. The van der Waals surface area contributed by atoms with Crippen molar-refractivity contribution in [3.05, 3.63) is 57.6 Å². The van der Waals surface area contributed by atoms with E-state index in [2.05, 4.69) is 5.32 Å². The molecule has 0 saturated heterocycles. The number of anilines is 1. The highest BCUT2D eigenvalue weighted by Crippen LogP contribution is 2.22. The SMILES string of the molecule is Cc1ccc(NC(=O)CCCOc2ccc(Cl)cc2C)cc1Cl. The summed E-state index contributed by atoms with van der Waals surface area (Å²) in [5.41, 5.74) is 2.67. The summed E-state index contributed by atoms with van der Waals surface area (Å²) in [6.45, 7) is 4.34. The van der Waals surface area contributed by atoms with Gasteiger partial charge in [-0.2, -0.15) is 0 Å². The Balaban J connectivity index is 1.75. The van der Waals surface area contributed by atoms with Crippen LogP contribution in [0.3, 0.4) is 0 Å². The zero-order valence-corrected chi connectivity index (χ0v) is 14.7. The molecule has 0 unspecified atom stereocenters. The van der Waals surface area contributed by atoms with Gasteiger partial charge in [0.05, 0.1) is 6.61 Å². The normalized spacial score (nSPS) is 10.4. The number of ether oxygens (including phenoxy) is 1. The number of carbonyl (C=O) groups is 1. The van der Waals surface area contributed by atoms with Gasteiger partial charge in [-0.1, -0.05) is 29.3 Å². The van der Waals surface area contributed by atoms with Gasteiger partial charge in [0.1, 0.15) is 5.75 Å². The van der Waals surface area contributed by atoms with Crippen molar-refractivity contribution in [3.8, 4) is 5.75 Å². The fourth-order valence-corrected chi connectivity index (χ4v) is 2.49. The molecule has 0 radical (unpaired) electrons. The average Bonchev–Trinajstić information content (AvgIpc) is 2.49. The van der Waals surface area contributed by atoms with Crippen LogP contribution in [0.15, 0.2) is 36.4 Å². The molecule has 0 aliphatic rings. The van der Waals surface area contributed by atoms with Crippen molar-refractivity contribution in [2.45, 2.75) is 26.7 Å². The van der Waals surface area contributed by atoms with Crippen LogP contribution in [-0.4, -0.2) is 12.5 Å². The molecular weight excluding hydrogens is 333 g/mol. The van der Waals surface area contributed by atoms with Gasteiger partial charge in [-0.05, 0) is 61.7 Å². The van der Waals surface area contributed by atoms with E-state index in [9.17, 15) is 4.79 Å². The number of rotatable bonds is 6. The maximum absolute atomic E-state index is 11.9. The predicted octanol–water partition coefficient (Wildman–Crippen LogP) is 5.41. The first-order chi connectivity index (χ1) is 11.0. The van der Waals surface area contributed by atoms with E-state index in [1.807, 2.05) is 38.1 Å². The lowest BCUT2D eigenvalue weighted by Crippen LogP contribution is -2.13. The Morgan fingerprint density at radius 3 is 2.57 bits per heavy atom. The number of benzene rings is 2. The minimum Gasteiger partial charge on any atom is -0.493 e. The van der Waals surface area contributed by atoms with E-state index < -0.39 is 0 Å². The van der Waals surface area contributed by atoms with E-state index in [0.717, 1.165) is 16.9 Å². The minimum absolute atomic E-state index is 0.0543. The quantitative estimate of drug-likeness (QED) is 0.706. The van der Waals surface area contributed by atoms with Crippen LogP contribution in [0.25, 0.3) is 0 Å². The molecule has 1 N–H and O–H groups in total. The van der Waals surface area contributed by atoms with E-state index in [4.69, 9.17) is 27.9 Å². The van der Waals surface area contributed by atoms with Gasteiger partial charge in [-0.3, -0.25) is 4.79 Å². The molecule has 2 aromatic rings. The van der Waals surface area contributed by atoms with Crippen molar-refractivity contribution < 1.29 is 9.53 Å². The monoisotopic (exact) mass is 351 g/mol. The van der Waals surface area contributed by atoms with E-state index >= 15 is 0 Å². The molecular formula is C18H19Cl2NO2. The number of hydrogen-bond donors (Lipinski definition) is 1. The van der Waals surface area contributed by atoms with Crippen LogP contribution in [-0.2, 0) is 4.79 Å². The molecule has 0 heterocycles. The summed E-state index contributed by atoms with van der Waals surface area (Å²) in [6.07, 6.45) is 1.02. The molecule has 0 fully saturated rings. The summed E-state index contributed by atoms with van der Waals surface area (Å²) >= 11 is 11.9. The largest absolute Gasteiger partial charge is 0.493 e. The smallest absolute Gasteiger partial charge is 0.224 e. The number of nitrogens with one attached hydrogen (secondary N) is 1. The summed E-state index contributed by atoms with van der Waals surface area (Å²) in [6, 6.07) is 11.0.